The van der Waals surface area contributed by atoms with E-state index in [1.54, 1.807) is 18.3 Å². The molecule has 0 spiro atoms. The smallest absolute Gasteiger partial charge is 0.319 e. The standard InChI is InChI=1S/C28H31FN6O2/c1-17-15-35(11-9-30-17)27-23-14-31-25(22-13-20(36)12-18-6-3-4-8-21(18)22)24(29)26(23)32-28(33-27)37-16-19-7-5-10-34(19)2/h3-4,6,8,12-14,17,19,30,36H,5,7,9-11,15-16H2,1-2H3/t17?,19-/m0/s1. The number of likely N-dealkylation sites (tertiary alicyclic amines) is 1. The van der Waals surface area contributed by atoms with E-state index >= 15 is 4.39 Å². The van der Waals surface area contributed by atoms with Gasteiger partial charge in [0, 0.05) is 43.5 Å². The molecule has 37 heavy (non-hydrogen) atoms. The zero-order valence-electron chi connectivity index (χ0n) is 21.1. The molecule has 2 aliphatic heterocycles. The number of aromatic hydroxyl groups is 1. The molecule has 2 N–H and O–H groups in total. The number of pyridine rings is 1. The number of halogens is 1. The van der Waals surface area contributed by atoms with Crippen molar-refractivity contribution in [3.8, 4) is 23.0 Å². The van der Waals surface area contributed by atoms with Crippen molar-refractivity contribution in [2.75, 3.05) is 44.7 Å². The first-order valence-corrected chi connectivity index (χ1v) is 12.9. The molecule has 0 bridgehead atoms. The molecule has 6 rings (SSSR count). The first kappa shape index (κ1) is 23.8. The largest absolute Gasteiger partial charge is 0.508 e. The zero-order valence-corrected chi connectivity index (χ0v) is 21.1. The minimum atomic E-state index is -0.553. The lowest BCUT2D eigenvalue weighted by molar-refractivity contribution is 0.188. The average Bonchev–Trinajstić information content (AvgIpc) is 3.31. The Morgan fingerprint density at radius 1 is 1.16 bits per heavy atom. The number of nitrogens with zero attached hydrogens (tertiary/aromatic N) is 5. The van der Waals surface area contributed by atoms with Crippen molar-refractivity contribution in [2.24, 2.45) is 0 Å². The minimum Gasteiger partial charge on any atom is -0.508 e. The van der Waals surface area contributed by atoms with E-state index in [1.807, 2.05) is 24.3 Å². The van der Waals surface area contributed by atoms with Crippen LogP contribution in [0.25, 0.3) is 32.9 Å². The first-order valence-electron chi connectivity index (χ1n) is 12.9. The Hall–Kier alpha value is -3.56. The van der Waals surface area contributed by atoms with Crippen molar-refractivity contribution in [3.05, 3.63) is 48.4 Å². The summed E-state index contributed by atoms with van der Waals surface area (Å²) in [6.45, 7) is 5.89. The summed E-state index contributed by atoms with van der Waals surface area (Å²) < 4.78 is 22.4. The summed E-state index contributed by atoms with van der Waals surface area (Å²) in [4.78, 5) is 18.3. The first-order chi connectivity index (χ1) is 18.0. The summed E-state index contributed by atoms with van der Waals surface area (Å²) in [5, 5.41) is 15.9. The minimum absolute atomic E-state index is 0.0536. The maximum Gasteiger partial charge on any atom is 0.319 e. The Balaban J connectivity index is 1.48. The number of anilines is 1. The van der Waals surface area contributed by atoms with E-state index in [4.69, 9.17) is 9.72 Å². The fourth-order valence-corrected chi connectivity index (χ4v) is 5.49. The van der Waals surface area contributed by atoms with Crippen molar-refractivity contribution < 1.29 is 14.2 Å². The van der Waals surface area contributed by atoms with Crippen molar-refractivity contribution in [1.29, 1.82) is 0 Å². The van der Waals surface area contributed by atoms with Crippen LogP contribution in [0.5, 0.6) is 11.8 Å². The summed E-state index contributed by atoms with van der Waals surface area (Å²) in [5.41, 5.74) is 0.823. The average molecular weight is 503 g/mol. The third-order valence-electron chi connectivity index (χ3n) is 7.49. The number of fused-ring (bicyclic) bond motifs is 2. The molecule has 0 amide bonds. The Kier molecular flexibility index (Phi) is 6.26. The summed E-state index contributed by atoms with van der Waals surface area (Å²) in [6, 6.07) is 11.5. The molecule has 0 saturated carbocycles. The highest BCUT2D eigenvalue weighted by Gasteiger charge is 2.26. The number of hydrogen-bond donors (Lipinski definition) is 2. The van der Waals surface area contributed by atoms with Crippen LogP contribution >= 0.6 is 0 Å². The Bertz CT molecular complexity index is 1460. The Morgan fingerprint density at radius 3 is 2.84 bits per heavy atom. The van der Waals surface area contributed by atoms with E-state index in [1.165, 1.54) is 0 Å². The summed E-state index contributed by atoms with van der Waals surface area (Å²) in [6.07, 6.45) is 3.83. The van der Waals surface area contributed by atoms with Crippen LogP contribution in [0.2, 0.25) is 0 Å². The van der Waals surface area contributed by atoms with Crippen molar-refractivity contribution in [2.45, 2.75) is 31.8 Å². The SMILES string of the molecule is CC1CN(c2nc(OC[C@@H]3CCCN3C)nc3c(F)c(-c4cc(O)cc5ccccc45)ncc23)CCN1. The fourth-order valence-electron chi connectivity index (χ4n) is 5.49. The lowest BCUT2D eigenvalue weighted by Gasteiger charge is -2.33. The molecule has 4 heterocycles. The highest BCUT2D eigenvalue weighted by molar-refractivity contribution is 5.99. The van der Waals surface area contributed by atoms with Crippen LogP contribution in [0.1, 0.15) is 19.8 Å². The molecule has 192 valence electrons. The molecular weight excluding hydrogens is 471 g/mol. The van der Waals surface area contributed by atoms with Crippen LogP contribution in [0, 0.1) is 5.82 Å². The molecule has 1 unspecified atom stereocenters. The molecule has 4 aromatic rings. The van der Waals surface area contributed by atoms with Gasteiger partial charge in [-0.3, -0.25) is 4.98 Å². The maximum atomic E-state index is 16.3. The van der Waals surface area contributed by atoms with E-state index < -0.39 is 5.82 Å². The van der Waals surface area contributed by atoms with E-state index in [0.717, 1.165) is 49.8 Å². The third-order valence-corrected chi connectivity index (χ3v) is 7.49. The lowest BCUT2D eigenvalue weighted by atomic mass is 10.0. The molecule has 2 aliphatic rings. The van der Waals surface area contributed by atoms with Gasteiger partial charge in [0.05, 0.1) is 5.39 Å². The van der Waals surface area contributed by atoms with Crippen LogP contribution in [0.3, 0.4) is 0 Å². The number of ether oxygens (including phenoxy) is 1. The second kappa shape index (κ2) is 9.72. The summed E-state index contributed by atoms with van der Waals surface area (Å²) in [5.74, 6) is 0.132. The van der Waals surface area contributed by atoms with E-state index in [2.05, 4.69) is 39.1 Å². The quantitative estimate of drug-likeness (QED) is 0.424. The monoisotopic (exact) mass is 502 g/mol. The topological polar surface area (TPSA) is 86.6 Å². The second-order valence-electron chi connectivity index (χ2n) is 10.1. The summed E-state index contributed by atoms with van der Waals surface area (Å²) >= 11 is 0. The predicted octanol–water partition coefficient (Wildman–Crippen LogP) is 3.96. The highest BCUT2D eigenvalue weighted by Crippen LogP contribution is 2.37. The van der Waals surface area contributed by atoms with Crippen LogP contribution in [0.4, 0.5) is 10.2 Å². The molecule has 2 fully saturated rings. The molecule has 2 saturated heterocycles. The van der Waals surface area contributed by atoms with Gasteiger partial charge in [0.25, 0.3) is 0 Å². The van der Waals surface area contributed by atoms with E-state index in [9.17, 15) is 5.11 Å². The molecule has 0 aliphatic carbocycles. The number of likely N-dealkylation sites (N-methyl/N-ethyl adjacent to an activating group) is 1. The van der Waals surface area contributed by atoms with Gasteiger partial charge in [-0.1, -0.05) is 24.3 Å². The molecule has 9 heteroatoms. The number of rotatable bonds is 5. The van der Waals surface area contributed by atoms with Crippen LogP contribution in [-0.2, 0) is 0 Å². The molecule has 2 aromatic carbocycles. The van der Waals surface area contributed by atoms with Gasteiger partial charge >= 0.3 is 6.01 Å². The molecule has 2 aromatic heterocycles. The normalized spacial score (nSPS) is 20.7. The van der Waals surface area contributed by atoms with Crippen molar-refractivity contribution in [1.82, 2.24) is 25.2 Å². The van der Waals surface area contributed by atoms with Gasteiger partial charge in [-0.15, -0.1) is 0 Å². The maximum absolute atomic E-state index is 16.3. The molecule has 8 nitrogen and oxygen atoms in total. The van der Waals surface area contributed by atoms with Gasteiger partial charge in [-0.2, -0.15) is 9.97 Å². The van der Waals surface area contributed by atoms with E-state index in [0.29, 0.717) is 29.4 Å². The van der Waals surface area contributed by atoms with Crippen molar-refractivity contribution in [3.63, 3.8) is 0 Å². The predicted molar refractivity (Wildman–Crippen MR) is 143 cm³/mol. The van der Waals surface area contributed by atoms with Gasteiger partial charge < -0.3 is 25.0 Å². The highest BCUT2D eigenvalue weighted by atomic mass is 19.1. The number of hydrogen-bond acceptors (Lipinski definition) is 8. The van der Waals surface area contributed by atoms with Crippen LogP contribution in [0.15, 0.2) is 42.6 Å². The number of nitrogens with one attached hydrogen (secondary N) is 1. The van der Waals surface area contributed by atoms with Crippen LogP contribution < -0.4 is 15.0 Å². The number of phenols is 1. The fraction of sp³-hybridized carbons (Fsp3) is 0.393. The van der Waals surface area contributed by atoms with Crippen LogP contribution in [-0.4, -0.2) is 76.9 Å². The third kappa shape index (κ3) is 4.53. The zero-order chi connectivity index (χ0) is 25.5. The number of benzene rings is 2. The molecule has 0 radical (unpaired) electrons. The molecular formula is C28H31FN6O2. The Morgan fingerprint density at radius 2 is 2.03 bits per heavy atom. The van der Waals surface area contributed by atoms with Crippen molar-refractivity contribution >= 4 is 27.5 Å². The number of phenolic OH excluding ortho intramolecular Hbond substituents is 1. The number of aromatic nitrogens is 3. The number of piperazine rings is 1. The van der Waals surface area contributed by atoms with Gasteiger partial charge in [0.15, 0.2) is 5.82 Å². The Labute approximate surface area is 215 Å². The van der Waals surface area contributed by atoms with Gasteiger partial charge in [-0.05, 0) is 56.3 Å². The molecule has 2 atom stereocenters. The summed E-state index contributed by atoms with van der Waals surface area (Å²) in [7, 11) is 2.09. The lowest BCUT2D eigenvalue weighted by Crippen LogP contribution is -2.49. The van der Waals surface area contributed by atoms with Gasteiger partial charge in [0.1, 0.15) is 29.4 Å². The van der Waals surface area contributed by atoms with E-state index in [-0.39, 0.29) is 29.0 Å². The van der Waals surface area contributed by atoms with Gasteiger partial charge in [0.2, 0.25) is 0 Å². The second-order valence-corrected chi connectivity index (χ2v) is 10.1. The van der Waals surface area contributed by atoms with Gasteiger partial charge in [-0.25, -0.2) is 4.39 Å².